The Morgan fingerprint density at radius 3 is 2.91 bits per heavy atom. The molecule has 2 heteroatoms. The zero-order valence-electron chi connectivity index (χ0n) is 6.68. The van der Waals surface area contributed by atoms with Gasteiger partial charge in [0, 0.05) is 28.5 Å². The van der Waals surface area contributed by atoms with E-state index >= 15 is 0 Å². The number of nitrogens with one attached hydrogen (secondary N) is 1. The van der Waals surface area contributed by atoms with Crippen molar-refractivity contribution in [2.45, 2.75) is 13.8 Å². The smallest absolute Gasteiger partial charge is 0.0489 e. The molecule has 0 spiro atoms. The van der Waals surface area contributed by atoms with E-state index in [0.29, 0.717) is 0 Å². The number of rotatable bonds is 0. The summed E-state index contributed by atoms with van der Waals surface area (Å²) in [6.07, 6.45) is 1.90. The molecule has 2 heterocycles. The second-order valence-corrected chi connectivity index (χ2v) is 2.87. The fourth-order valence-corrected chi connectivity index (χ4v) is 1.28. The van der Waals surface area contributed by atoms with E-state index in [0.717, 1.165) is 5.69 Å². The normalized spacial score (nSPS) is 10.7. The van der Waals surface area contributed by atoms with Crippen LogP contribution in [0, 0.1) is 13.8 Å². The molecule has 0 radical (unpaired) electrons. The molecule has 0 aliphatic heterocycles. The highest BCUT2D eigenvalue weighted by atomic mass is 14.7. The van der Waals surface area contributed by atoms with Gasteiger partial charge in [0.15, 0.2) is 0 Å². The number of aromatic amines is 1. The van der Waals surface area contributed by atoms with Crippen LogP contribution in [0.3, 0.4) is 0 Å². The van der Waals surface area contributed by atoms with Crippen LogP contribution >= 0.6 is 0 Å². The topological polar surface area (TPSA) is 28.7 Å². The zero-order chi connectivity index (χ0) is 7.84. The fraction of sp³-hybridized carbons (Fsp3) is 0.222. The standard InChI is InChI=1S/C9H10N2/c1-6-4-9-8(5-10-6)3-7(2)11-9/h3-5,11H,1-2H3. The second kappa shape index (κ2) is 2.09. The van der Waals surface area contributed by atoms with Crippen molar-refractivity contribution < 1.29 is 0 Å². The number of H-pyrrole nitrogens is 1. The predicted octanol–water partition coefficient (Wildman–Crippen LogP) is 2.18. The molecule has 0 fully saturated rings. The summed E-state index contributed by atoms with van der Waals surface area (Å²) in [6, 6.07) is 4.16. The minimum atomic E-state index is 1.05. The van der Waals surface area contributed by atoms with Gasteiger partial charge in [0.25, 0.3) is 0 Å². The summed E-state index contributed by atoms with van der Waals surface area (Å²) in [5, 5.41) is 1.19. The molecule has 2 aromatic rings. The molecule has 1 N–H and O–H groups in total. The van der Waals surface area contributed by atoms with Crippen LogP contribution in [0.5, 0.6) is 0 Å². The number of fused-ring (bicyclic) bond motifs is 1. The molecule has 2 rings (SSSR count). The van der Waals surface area contributed by atoms with E-state index in [1.54, 1.807) is 0 Å². The van der Waals surface area contributed by atoms with Crippen LogP contribution in [-0.2, 0) is 0 Å². The minimum absolute atomic E-state index is 1.05. The van der Waals surface area contributed by atoms with E-state index < -0.39 is 0 Å². The molecule has 0 aromatic carbocycles. The van der Waals surface area contributed by atoms with Gasteiger partial charge in [-0.3, -0.25) is 4.98 Å². The van der Waals surface area contributed by atoms with E-state index in [1.165, 1.54) is 16.6 Å². The molecule has 0 aliphatic carbocycles. The lowest BCUT2D eigenvalue weighted by atomic mass is 10.3. The number of hydrogen-bond acceptors (Lipinski definition) is 1. The first-order valence-electron chi connectivity index (χ1n) is 3.68. The van der Waals surface area contributed by atoms with Crippen molar-refractivity contribution in [1.82, 2.24) is 9.97 Å². The van der Waals surface area contributed by atoms with Gasteiger partial charge in [0.05, 0.1) is 0 Å². The highest BCUT2D eigenvalue weighted by Crippen LogP contribution is 2.13. The van der Waals surface area contributed by atoms with E-state index in [-0.39, 0.29) is 0 Å². The third kappa shape index (κ3) is 1.00. The lowest BCUT2D eigenvalue weighted by molar-refractivity contribution is 1.22. The molecule has 11 heavy (non-hydrogen) atoms. The Labute approximate surface area is 65.3 Å². The van der Waals surface area contributed by atoms with Gasteiger partial charge in [-0.15, -0.1) is 0 Å². The van der Waals surface area contributed by atoms with Gasteiger partial charge in [0.2, 0.25) is 0 Å². The Kier molecular flexibility index (Phi) is 1.22. The van der Waals surface area contributed by atoms with Crippen LogP contribution in [-0.4, -0.2) is 9.97 Å². The molecule has 2 aromatic heterocycles. The quantitative estimate of drug-likeness (QED) is 0.606. The van der Waals surface area contributed by atoms with Gasteiger partial charge >= 0.3 is 0 Å². The first-order chi connectivity index (χ1) is 5.25. The van der Waals surface area contributed by atoms with Crippen LogP contribution in [0.15, 0.2) is 18.3 Å². The third-order valence-electron chi connectivity index (χ3n) is 1.78. The molecular weight excluding hydrogens is 136 g/mol. The predicted molar refractivity (Wildman–Crippen MR) is 45.6 cm³/mol. The van der Waals surface area contributed by atoms with Gasteiger partial charge in [-0.05, 0) is 26.0 Å². The van der Waals surface area contributed by atoms with Crippen LogP contribution < -0.4 is 0 Å². The Bertz CT molecular complexity index is 387. The number of aromatic nitrogens is 2. The number of nitrogens with zero attached hydrogens (tertiary/aromatic N) is 1. The maximum atomic E-state index is 4.20. The van der Waals surface area contributed by atoms with E-state index in [1.807, 2.05) is 13.1 Å². The van der Waals surface area contributed by atoms with Crippen LogP contribution in [0.2, 0.25) is 0 Å². The fourth-order valence-electron chi connectivity index (χ4n) is 1.28. The van der Waals surface area contributed by atoms with Crippen molar-refractivity contribution in [1.29, 1.82) is 0 Å². The van der Waals surface area contributed by atoms with Crippen molar-refractivity contribution in [2.75, 3.05) is 0 Å². The summed E-state index contributed by atoms with van der Waals surface area (Å²) >= 11 is 0. The van der Waals surface area contributed by atoms with Crippen molar-refractivity contribution in [2.24, 2.45) is 0 Å². The largest absolute Gasteiger partial charge is 0.359 e. The third-order valence-corrected chi connectivity index (χ3v) is 1.78. The first-order valence-corrected chi connectivity index (χ1v) is 3.68. The molecule has 0 saturated carbocycles. The van der Waals surface area contributed by atoms with Gasteiger partial charge in [-0.1, -0.05) is 0 Å². The van der Waals surface area contributed by atoms with Gasteiger partial charge < -0.3 is 4.98 Å². The van der Waals surface area contributed by atoms with Crippen LogP contribution in [0.1, 0.15) is 11.4 Å². The number of pyridine rings is 1. The summed E-state index contributed by atoms with van der Waals surface area (Å²) in [7, 11) is 0. The number of aryl methyl sites for hydroxylation is 2. The molecule has 2 nitrogen and oxygen atoms in total. The Morgan fingerprint density at radius 1 is 1.27 bits per heavy atom. The van der Waals surface area contributed by atoms with E-state index in [2.05, 4.69) is 29.0 Å². The monoisotopic (exact) mass is 146 g/mol. The molecule has 0 atom stereocenters. The van der Waals surface area contributed by atoms with E-state index in [4.69, 9.17) is 0 Å². The van der Waals surface area contributed by atoms with Crippen molar-refractivity contribution in [3.63, 3.8) is 0 Å². The molecular formula is C9H10N2. The highest BCUT2D eigenvalue weighted by molar-refractivity contribution is 5.79. The SMILES string of the molecule is Cc1cc2[nH]c(C)cc2cn1. The van der Waals surface area contributed by atoms with E-state index in [9.17, 15) is 0 Å². The average molecular weight is 146 g/mol. The lowest BCUT2D eigenvalue weighted by Crippen LogP contribution is -1.77. The lowest BCUT2D eigenvalue weighted by Gasteiger charge is -1.90. The second-order valence-electron chi connectivity index (χ2n) is 2.87. The highest BCUT2D eigenvalue weighted by Gasteiger charge is 1.96. The van der Waals surface area contributed by atoms with Crippen molar-refractivity contribution in [3.05, 3.63) is 29.7 Å². The Balaban J connectivity index is 2.82. The molecule has 0 saturated heterocycles. The summed E-state index contributed by atoms with van der Waals surface area (Å²) in [5.74, 6) is 0. The van der Waals surface area contributed by atoms with Crippen molar-refractivity contribution >= 4 is 10.9 Å². The summed E-state index contributed by atoms with van der Waals surface area (Å²) in [6.45, 7) is 4.05. The maximum Gasteiger partial charge on any atom is 0.0489 e. The zero-order valence-corrected chi connectivity index (χ0v) is 6.68. The summed E-state index contributed by atoms with van der Waals surface area (Å²) in [4.78, 5) is 7.46. The molecule has 0 bridgehead atoms. The maximum absolute atomic E-state index is 4.20. The summed E-state index contributed by atoms with van der Waals surface area (Å²) in [5.41, 5.74) is 3.42. The number of hydrogen-bond donors (Lipinski definition) is 1. The first kappa shape index (κ1) is 6.40. The summed E-state index contributed by atoms with van der Waals surface area (Å²) < 4.78 is 0. The minimum Gasteiger partial charge on any atom is -0.359 e. The van der Waals surface area contributed by atoms with Crippen LogP contribution in [0.4, 0.5) is 0 Å². The average Bonchev–Trinajstić information content (AvgIpc) is 2.27. The van der Waals surface area contributed by atoms with Crippen LogP contribution in [0.25, 0.3) is 10.9 Å². The Morgan fingerprint density at radius 2 is 2.09 bits per heavy atom. The Hall–Kier alpha value is -1.31. The molecule has 0 aliphatic rings. The van der Waals surface area contributed by atoms with Gasteiger partial charge in [-0.25, -0.2) is 0 Å². The molecule has 0 amide bonds. The van der Waals surface area contributed by atoms with Gasteiger partial charge in [0.1, 0.15) is 0 Å². The molecule has 56 valence electrons. The van der Waals surface area contributed by atoms with Crippen molar-refractivity contribution in [3.8, 4) is 0 Å². The molecule has 0 unspecified atom stereocenters. The van der Waals surface area contributed by atoms with Gasteiger partial charge in [-0.2, -0.15) is 0 Å².